The van der Waals surface area contributed by atoms with Gasteiger partial charge in [0.05, 0.1) is 12.0 Å². The van der Waals surface area contributed by atoms with Crippen LogP contribution in [-0.4, -0.2) is 40.1 Å². The summed E-state index contributed by atoms with van der Waals surface area (Å²) in [7, 11) is 0. The molecular formula is C27H30N2O3. The van der Waals surface area contributed by atoms with E-state index < -0.39 is 5.41 Å². The van der Waals surface area contributed by atoms with Gasteiger partial charge in [0.1, 0.15) is 0 Å². The van der Waals surface area contributed by atoms with Crippen LogP contribution in [0.5, 0.6) is 0 Å². The van der Waals surface area contributed by atoms with Crippen LogP contribution in [0.4, 0.5) is 0 Å². The molecule has 0 N–H and O–H groups in total. The average molecular weight is 431 g/mol. The number of rotatable bonds is 5. The Balaban J connectivity index is 1.49. The van der Waals surface area contributed by atoms with Crippen LogP contribution in [0.15, 0.2) is 54.6 Å². The summed E-state index contributed by atoms with van der Waals surface area (Å²) < 4.78 is 0. The van der Waals surface area contributed by atoms with Gasteiger partial charge in [0.25, 0.3) is 0 Å². The quantitative estimate of drug-likeness (QED) is 0.674. The lowest BCUT2D eigenvalue weighted by molar-refractivity contribution is -0.143. The fourth-order valence-electron chi connectivity index (χ4n) is 6.08. The molecule has 0 aromatic heterocycles. The normalized spacial score (nSPS) is 27.3. The molecule has 2 saturated heterocycles. The van der Waals surface area contributed by atoms with E-state index in [1.54, 1.807) is 0 Å². The van der Waals surface area contributed by atoms with Crippen LogP contribution in [0.3, 0.4) is 0 Å². The summed E-state index contributed by atoms with van der Waals surface area (Å²) >= 11 is 0. The molecule has 2 aliphatic heterocycles. The number of amides is 3. The Morgan fingerprint density at radius 1 is 1.03 bits per heavy atom. The van der Waals surface area contributed by atoms with E-state index in [1.807, 2.05) is 66.4 Å². The lowest BCUT2D eigenvalue weighted by Crippen LogP contribution is -2.44. The maximum atomic E-state index is 13.9. The molecule has 0 unspecified atom stereocenters. The number of benzene rings is 2. The zero-order valence-corrected chi connectivity index (χ0v) is 18.6. The first-order chi connectivity index (χ1) is 15.5. The summed E-state index contributed by atoms with van der Waals surface area (Å²) in [6.07, 6.45) is 4.60. The van der Waals surface area contributed by atoms with E-state index >= 15 is 0 Å². The highest BCUT2D eigenvalue weighted by Crippen LogP contribution is 2.44. The van der Waals surface area contributed by atoms with Gasteiger partial charge < -0.3 is 4.90 Å². The Hall–Kier alpha value is -2.95. The molecule has 3 atom stereocenters. The highest BCUT2D eigenvalue weighted by molar-refractivity contribution is 6.10. The minimum Gasteiger partial charge on any atom is -0.339 e. The van der Waals surface area contributed by atoms with E-state index in [9.17, 15) is 14.4 Å². The Bertz CT molecular complexity index is 1050. The lowest BCUT2D eigenvalue weighted by atomic mass is 9.74. The molecule has 1 saturated carbocycles. The van der Waals surface area contributed by atoms with Gasteiger partial charge in [0.15, 0.2) is 0 Å². The molecule has 5 nitrogen and oxygen atoms in total. The minimum absolute atomic E-state index is 0.0189. The first-order valence-electron chi connectivity index (χ1n) is 11.7. The van der Waals surface area contributed by atoms with Crippen molar-refractivity contribution in [1.29, 1.82) is 0 Å². The summed E-state index contributed by atoms with van der Waals surface area (Å²) in [5.74, 6) is 0.166. The van der Waals surface area contributed by atoms with E-state index in [1.165, 1.54) is 17.7 Å². The molecule has 166 valence electrons. The monoisotopic (exact) mass is 430 g/mol. The summed E-state index contributed by atoms with van der Waals surface area (Å²) in [6.45, 7) is 3.00. The number of hydrogen-bond donors (Lipinski definition) is 0. The van der Waals surface area contributed by atoms with Gasteiger partial charge in [-0.2, -0.15) is 0 Å². The number of nitrogens with zero attached hydrogens (tertiary/aromatic N) is 2. The Morgan fingerprint density at radius 3 is 2.53 bits per heavy atom. The standard InChI is InChI=1S/C27H30N2O3/c1-19-8-5-6-13-23(19)27(15-24(30)28-18-21-11-7-12-22(28)14-21)16-25(31)29(26(27)32)17-20-9-3-2-4-10-20/h2-6,8-10,13,21-22H,7,11-12,14-18H2,1H3/t21-,22+,27+/m0/s1. The van der Waals surface area contributed by atoms with Gasteiger partial charge in [0.2, 0.25) is 17.7 Å². The molecule has 3 amide bonds. The van der Waals surface area contributed by atoms with Crippen molar-refractivity contribution in [3.63, 3.8) is 0 Å². The van der Waals surface area contributed by atoms with Gasteiger partial charge in [-0.05, 0) is 48.8 Å². The fourth-order valence-corrected chi connectivity index (χ4v) is 6.08. The van der Waals surface area contributed by atoms with Gasteiger partial charge >= 0.3 is 0 Å². The Labute approximate surface area is 189 Å². The maximum Gasteiger partial charge on any atom is 0.241 e. The largest absolute Gasteiger partial charge is 0.339 e. The van der Waals surface area contributed by atoms with Crippen LogP contribution >= 0.6 is 0 Å². The summed E-state index contributed by atoms with van der Waals surface area (Å²) in [6, 6.07) is 17.6. The molecule has 2 aromatic rings. The third-order valence-corrected chi connectivity index (χ3v) is 7.68. The van der Waals surface area contributed by atoms with Crippen LogP contribution in [-0.2, 0) is 26.3 Å². The van der Waals surface area contributed by atoms with Gasteiger partial charge in [-0.3, -0.25) is 19.3 Å². The van der Waals surface area contributed by atoms with E-state index in [0.717, 1.165) is 36.1 Å². The van der Waals surface area contributed by atoms with Gasteiger partial charge in [0, 0.05) is 25.4 Å². The van der Waals surface area contributed by atoms with E-state index in [0.29, 0.717) is 12.0 Å². The molecule has 2 bridgehead atoms. The van der Waals surface area contributed by atoms with Gasteiger partial charge in [-0.15, -0.1) is 0 Å². The lowest BCUT2D eigenvalue weighted by Gasteiger charge is -2.32. The molecule has 3 fully saturated rings. The number of carbonyl (C=O) groups excluding carboxylic acids is 3. The number of carbonyl (C=O) groups is 3. The number of fused-ring (bicyclic) bond motifs is 2. The van der Waals surface area contributed by atoms with Crippen LogP contribution < -0.4 is 0 Å². The molecule has 5 rings (SSSR count). The zero-order valence-electron chi connectivity index (χ0n) is 18.6. The van der Waals surface area contributed by atoms with Gasteiger partial charge in [-0.1, -0.05) is 61.0 Å². The third-order valence-electron chi connectivity index (χ3n) is 7.68. The van der Waals surface area contributed by atoms with Crippen molar-refractivity contribution in [2.24, 2.45) is 5.92 Å². The van der Waals surface area contributed by atoms with Crippen LogP contribution in [0.2, 0.25) is 0 Å². The number of hydrogen-bond acceptors (Lipinski definition) is 3. The highest BCUT2D eigenvalue weighted by atomic mass is 16.2. The van der Waals surface area contributed by atoms with E-state index in [2.05, 4.69) is 0 Å². The predicted octanol–water partition coefficient (Wildman–Crippen LogP) is 3.98. The van der Waals surface area contributed by atoms with Crippen molar-refractivity contribution < 1.29 is 14.4 Å². The van der Waals surface area contributed by atoms with Crippen molar-refractivity contribution in [2.45, 2.75) is 63.5 Å². The number of aryl methyl sites for hydroxylation is 1. The van der Waals surface area contributed by atoms with Gasteiger partial charge in [-0.25, -0.2) is 0 Å². The molecule has 3 aliphatic rings. The highest BCUT2D eigenvalue weighted by Gasteiger charge is 2.55. The van der Waals surface area contributed by atoms with Crippen molar-refractivity contribution >= 4 is 17.7 Å². The first-order valence-corrected chi connectivity index (χ1v) is 11.7. The van der Waals surface area contributed by atoms with Crippen molar-refractivity contribution in [2.75, 3.05) is 6.54 Å². The zero-order chi connectivity index (χ0) is 22.3. The minimum atomic E-state index is -1.12. The molecule has 5 heteroatoms. The molecule has 32 heavy (non-hydrogen) atoms. The molecule has 2 heterocycles. The third kappa shape index (κ3) is 3.54. The second-order valence-corrected chi connectivity index (χ2v) is 9.75. The summed E-state index contributed by atoms with van der Waals surface area (Å²) in [5.41, 5.74) is 1.55. The summed E-state index contributed by atoms with van der Waals surface area (Å²) in [5, 5.41) is 0. The number of imide groups is 1. The molecule has 0 spiro atoms. The second-order valence-electron chi connectivity index (χ2n) is 9.75. The van der Waals surface area contributed by atoms with E-state index in [-0.39, 0.29) is 37.1 Å². The van der Waals surface area contributed by atoms with Crippen LogP contribution in [0.1, 0.15) is 55.2 Å². The van der Waals surface area contributed by atoms with Crippen LogP contribution in [0, 0.1) is 12.8 Å². The molecule has 0 radical (unpaired) electrons. The SMILES string of the molecule is Cc1ccccc1[C@@]1(CC(=O)N2C[C@H]3CCC[C@@H]2C3)CC(=O)N(Cc2ccccc2)C1=O. The van der Waals surface area contributed by atoms with E-state index in [4.69, 9.17) is 0 Å². The molecule has 2 aromatic carbocycles. The van der Waals surface area contributed by atoms with Crippen LogP contribution in [0.25, 0.3) is 0 Å². The number of likely N-dealkylation sites (tertiary alicyclic amines) is 2. The van der Waals surface area contributed by atoms with Crippen molar-refractivity contribution in [3.05, 3.63) is 71.3 Å². The Kier molecular flexibility index (Phi) is 5.36. The summed E-state index contributed by atoms with van der Waals surface area (Å²) in [4.78, 5) is 44.0. The van der Waals surface area contributed by atoms with Crippen molar-refractivity contribution in [1.82, 2.24) is 9.80 Å². The second kappa shape index (κ2) is 8.19. The fraction of sp³-hybridized carbons (Fsp3) is 0.444. The maximum absolute atomic E-state index is 13.9. The van der Waals surface area contributed by atoms with Crippen molar-refractivity contribution in [3.8, 4) is 0 Å². The smallest absolute Gasteiger partial charge is 0.241 e. The average Bonchev–Trinajstić information content (AvgIpc) is 3.22. The molecular weight excluding hydrogens is 400 g/mol. The predicted molar refractivity (Wildman–Crippen MR) is 122 cm³/mol. The topological polar surface area (TPSA) is 57.7 Å². The molecule has 1 aliphatic carbocycles. The Morgan fingerprint density at radius 2 is 1.78 bits per heavy atom. The first kappa shape index (κ1) is 20.9.